The number of aromatic amines is 1. The van der Waals surface area contributed by atoms with E-state index in [4.69, 9.17) is 0 Å². The number of para-hydroxylation sites is 1. The number of hydrogen-bond acceptors (Lipinski definition) is 3. The summed E-state index contributed by atoms with van der Waals surface area (Å²) in [5, 5.41) is 10.7. The molecule has 0 fully saturated rings. The van der Waals surface area contributed by atoms with Crippen molar-refractivity contribution in [2.24, 2.45) is 0 Å². The summed E-state index contributed by atoms with van der Waals surface area (Å²) in [7, 11) is -4.05. The first-order chi connectivity index (χ1) is 20.7. The molecule has 1 aromatic heterocycles. The van der Waals surface area contributed by atoms with Crippen LogP contribution in [0.15, 0.2) is 83.9 Å². The van der Waals surface area contributed by atoms with Crippen molar-refractivity contribution < 1.29 is 18.3 Å². The van der Waals surface area contributed by atoms with E-state index in [0.29, 0.717) is 0 Å². The second-order valence-corrected chi connectivity index (χ2v) is 26.7. The van der Waals surface area contributed by atoms with Crippen LogP contribution in [0.3, 0.4) is 0 Å². The Morgan fingerprint density at radius 2 is 1.35 bits per heavy atom. The third kappa shape index (κ3) is 8.31. The minimum absolute atomic E-state index is 0.0320. The normalized spacial score (nSPS) is 12.9. The molecule has 0 saturated heterocycles. The van der Waals surface area contributed by atoms with E-state index >= 15 is 0 Å². The van der Waals surface area contributed by atoms with Crippen LogP contribution in [-0.2, 0) is 21.2 Å². The van der Waals surface area contributed by atoms with Gasteiger partial charge < -0.3 is 10.1 Å². The van der Waals surface area contributed by atoms with Gasteiger partial charge in [-0.05, 0) is 11.6 Å². The molecular formula is C35H46N2O4SSn. The Morgan fingerprint density at radius 1 is 0.814 bits per heavy atom. The molecule has 8 heteroatoms. The average Bonchev–Trinajstić information content (AvgIpc) is 3.43. The Hall–Kier alpha value is -2.62. The van der Waals surface area contributed by atoms with Crippen LogP contribution in [0, 0.1) is 0 Å². The van der Waals surface area contributed by atoms with Gasteiger partial charge in [-0.15, -0.1) is 0 Å². The number of unbranched alkanes of at least 4 members (excludes halogenated alkanes) is 3. The summed E-state index contributed by atoms with van der Waals surface area (Å²) in [6, 6.07) is 22.1. The number of H-pyrrole nitrogens is 1. The number of carboxylic acids is 1. The third-order valence-corrected chi connectivity index (χ3v) is 25.9. The molecule has 0 spiro atoms. The van der Waals surface area contributed by atoms with E-state index in [9.17, 15) is 18.3 Å². The number of sulfonamides is 1. The van der Waals surface area contributed by atoms with Crippen LogP contribution >= 0.6 is 0 Å². The number of benzene rings is 3. The van der Waals surface area contributed by atoms with Crippen molar-refractivity contribution in [3.63, 3.8) is 0 Å². The molecule has 1 atom stereocenters. The molecule has 4 rings (SSSR count). The first-order valence-corrected chi connectivity index (χ1v) is 24.7. The summed E-state index contributed by atoms with van der Waals surface area (Å²) in [4.78, 5) is 15.2. The molecule has 0 saturated carbocycles. The van der Waals surface area contributed by atoms with Crippen molar-refractivity contribution in [2.45, 2.75) is 90.0 Å². The predicted molar refractivity (Wildman–Crippen MR) is 180 cm³/mol. The Kier molecular flexibility index (Phi) is 11.9. The van der Waals surface area contributed by atoms with Crippen LogP contribution in [0.25, 0.3) is 22.0 Å². The van der Waals surface area contributed by atoms with Gasteiger partial charge in [-0.25, -0.2) is 0 Å². The molecule has 3 aromatic carbocycles. The van der Waals surface area contributed by atoms with Crippen molar-refractivity contribution in [3.05, 3.63) is 84.6 Å². The Bertz CT molecular complexity index is 1560. The molecule has 0 radical (unpaired) electrons. The van der Waals surface area contributed by atoms with Crippen LogP contribution in [0.2, 0.25) is 13.3 Å². The van der Waals surface area contributed by atoms with Crippen molar-refractivity contribution >= 4 is 48.9 Å². The molecule has 0 aliphatic carbocycles. The first-order valence-electron chi connectivity index (χ1n) is 15.7. The number of fused-ring (bicyclic) bond motifs is 1. The fraction of sp³-hybridized carbons (Fsp3) is 0.400. The van der Waals surface area contributed by atoms with Gasteiger partial charge in [0.15, 0.2) is 0 Å². The van der Waals surface area contributed by atoms with Crippen LogP contribution in [-0.4, -0.2) is 48.9 Å². The standard InChI is InChI=1S/C23H19N2O4S.3C4H9.Sn/c26-23(27)22(14-18-15-24-21-9-5-4-8-20(18)21)25-30(28,29)19-12-10-17(11-13-19)16-6-2-1-3-7-16;3*1-3-4-2;/h2-13,15,22,24-25H,14H2,(H,26,27);3*1,3-4H2,2H3;/t22-;;;;/m1..../s1. The summed E-state index contributed by atoms with van der Waals surface area (Å²) < 4.78 is 34.7. The Labute approximate surface area is 261 Å². The van der Waals surface area contributed by atoms with Gasteiger partial charge in [0.05, 0.1) is 0 Å². The Morgan fingerprint density at radius 3 is 1.88 bits per heavy atom. The molecular weight excluding hydrogens is 663 g/mol. The minimum atomic E-state index is -4.05. The molecule has 0 unspecified atom stereocenters. The summed E-state index contributed by atoms with van der Waals surface area (Å²) in [6.07, 6.45) is 9.46. The summed E-state index contributed by atoms with van der Waals surface area (Å²) in [6.45, 7) is 6.89. The molecule has 0 aliphatic rings. The van der Waals surface area contributed by atoms with Gasteiger partial charge in [0.2, 0.25) is 0 Å². The number of rotatable bonds is 17. The van der Waals surface area contributed by atoms with Crippen LogP contribution in [0.4, 0.5) is 0 Å². The average molecular weight is 710 g/mol. The Balaban J connectivity index is 1.51. The van der Waals surface area contributed by atoms with Gasteiger partial charge >= 0.3 is 201 Å². The number of nitrogens with one attached hydrogen (secondary N) is 2. The third-order valence-electron chi connectivity index (χ3n) is 8.72. The maximum atomic E-state index is 13.2. The van der Waals surface area contributed by atoms with E-state index in [1.54, 1.807) is 34.0 Å². The van der Waals surface area contributed by atoms with Crippen molar-refractivity contribution in [1.29, 1.82) is 0 Å². The van der Waals surface area contributed by atoms with Crippen molar-refractivity contribution in [3.8, 4) is 11.1 Å². The number of hydrogen-bond donors (Lipinski definition) is 3. The molecule has 0 bridgehead atoms. The van der Waals surface area contributed by atoms with E-state index < -0.39 is 40.4 Å². The number of carbonyl (C=O) groups is 1. The quantitative estimate of drug-likeness (QED) is 0.0973. The number of carboxylic acid groups (broad SMARTS) is 1. The predicted octanol–water partition coefficient (Wildman–Crippen LogP) is 7.87. The van der Waals surface area contributed by atoms with Gasteiger partial charge in [-0.1, -0.05) is 18.2 Å². The van der Waals surface area contributed by atoms with E-state index in [2.05, 4.69) is 54.7 Å². The molecule has 0 amide bonds. The van der Waals surface area contributed by atoms with E-state index in [1.807, 2.05) is 24.3 Å². The van der Waals surface area contributed by atoms with E-state index in [-0.39, 0.29) is 11.3 Å². The van der Waals surface area contributed by atoms with Crippen LogP contribution in [0.1, 0.15) is 64.9 Å². The first kappa shape index (κ1) is 33.3. The zero-order chi connectivity index (χ0) is 30.9. The summed E-state index contributed by atoms with van der Waals surface area (Å²) in [5.74, 6) is -1.22. The summed E-state index contributed by atoms with van der Waals surface area (Å²) in [5.41, 5.74) is 3.63. The van der Waals surface area contributed by atoms with Gasteiger partial charge in [-0.3, -0.25) is 4.79 Å². The van der Waals surface area contributed by atoms with Gasteiger partial charge in [-0.2, -0.15) is 0 Å². The number of aliphatic carboxylic acids is 1. The monoisotopic (exact) mass is 710 g/mol. The summed E-state index contributed by atoms with van der Waals surface area (Å²) >= 11 is -2.52. The molecule has 4 aromatic rings. The van der Waals surface area contributed by atoms with Gasteiger partial charge in [0.25, 0.3) is 0 Å². The number of aromatic nitrogens is 1. The van der Waals surface area contributed by atoms with Gasteiger partial charge in [0.1, 0.15) is 0 Å². The van der Waals surface area contributed by atoms with E-state index in [0.717, 1.165) is 27.6 Å². The molecule has 43 heavy (non-hydrogen) atoms. The molecule has 230 valence electrons. The zero-order valence-electron chi connectivity index (χ0n) is 25.7. The van der Waals surface area contributed by atoms with Crippen LogP contribution < -0.4 is 8.30 Å². The van der Waals surface area contributed by atoms with Crippen molar-refractivity contribution in [1.82, 2.24) is 9.71 Å². The van der Waals surface area contributed by atoms with E-state index in [1.165, 1.54) is 51.8 Å². The second kappa shape index (κ2) is 15.4. The van der Waals surface area contributed by atoms with Crippen molar-refractivity contribution in [2.75, 3.05) is 0 Å². The SMILES string of the molecule is CCC[CH2][Sn]([CH2]CCC)([CH2]CCC)[c]1ccc(-c2ccc(S(=O)(=O)N[C@H](Cc3c[nH]c4ccccc34)C(=O)O)cc2)cc1. The maximum absolute atomic E-state index is 13.2. The zero-order valence-corrected chi connectivity index (χ0v) is 29.4. The fourth-order valence-corrected chi connectivity index (χ4v) is 23.3. The molecule has 3 N–H and O–H groups in total. The molecule has 1 heterocycles. The van der Waals surface area contributed by atoms with Crippen LogP contribution in [0.5, 0.6) is 0 Å². The molecule has 0 aliphatic heterocycles. The molecule has 6 nitrogen and oxygen atoms in total. The fourth-order valence-electron chi connectivity index (χ4n) is 6.15. The topological polar surface area (TPSA) is 99.3 Å². The second-order valence-electron chi connectivity index (χ2n) is 11.8. The van der Waals surface area contributed by atoms with Gasteiger partial charge in [0, 0.05) is 17.1 Å².